The summed E-state index contributed by atoms with van der Waals surface area (Å²) in [4.78, 5) is 23.7. The summed E-state index contributed by atoms with van der Waals surface area (Å²) in [5.74, 6) is -1.01. The van der Waals surface area contributed by atoms with Crippen molar-refractivity contribution in [1.29, 1.82) is 0 Å². The van der Waals surface area contributed by atoms with E-state index in [2.05, 4.69) is 5.32 Å². The quantitative estimate of drug-likeness (QED) is 0.646. The van der Waals surface area contributed by atoms with Crippen molar-refractivity contribution in [2.45, 2.75) is 39.3 Å². The van der Waals surface area contributed by atoms with Crippen molar-refractivity contribution >= 4 is 29.2 Å². The first-order chi connectivity index (χ1) is 9.36. The van der Waals surface area contributed by atoms with Gasteiger partial charge < -0.3 is 15.8 Å². The van der Waals surface area contributed by atoms with Gasteiger partial charge in [-0.25, -0.2) is 4.79 Å². The van der Waals surface area contributed by atoms with E-state index in [0.717, 1.165) is 6.42 Å². The lowest BCUT2D eigenvalue weighted by Crippen LogP contribution is -2.40. The minimum Gasteiger partial charge on any atom is -0.449 e. The molecule has 0 heterocycles. The van der Waals surface area contributed by atoms with Gasteiger partial charge in [0.05, 0.1) is 16.3 Å². The summed E-state index contributed by atoms with van der Waals surface area (Å²) >= 11 is 5.93. The highest BCUT2D eigenvalue weighted by Crippen LogP contribution is 2.23. The number of rotatable bonds is 5. The van der Waals surface area contributed by atoms with E-state index < -0.39 is 12.1 Å². The molecule has 2 atom stereocenters. The third kappa shape index (κ3) is 4.13. The van der Waals surface area contributed by atoms with Crippen LogP contribution in [0.25, 0.3) is 0 Å². The van der Waals surface area contributed by atoms with Gasteiger partial charge in [0.15, 0.2) is 6.10 Å². The molecule has 1 aromatic rings. The molecule has 0 saturated heterocycles. The zero-order chi connectivity index (χ0) is 15.3. The molecular weight excluding hydrogens is 280 g/mol. The van der Waals surface area contributed by atoms with E-state index in [1.807, 2.05) is 13.8 Å². The van der Waals surface area contributed by atoms with Gasteiger partial charge in [0.1, 0.15) is 0 Å². The summed E-state index contributed by atoms with van der Waals surface area (Å²) in [5.41, 5.74) is 6.05. The van der Waals surface area contributed by atoms with Crippen LogP contribution in [0.3, 0.4) is 0 Å². The van der Waals surface area contributed by atoms with Crippen LogP contribution in [0.1, 0.15) is 37.6 Å². The van der Waals surface area contributed by atoms with Crippen LogP contribution in [0, 0.1) is 0 Å². The first-order valence-electron chi connectivity index (χ1n) is 6.42. The molecule has 0 aromatic heterocycles. The second kappa shape index (κ2) is 7.14. The molecule has 1 aromatic carbocycles. The Labute approximate surface area is 123 Å². The Morgan fingerprint density at radius 2 is 2.05 bits per heavy atom. The first kappa shape index (κ1) is 16.3. The molecule has 20 heavy (non-hydrogen) atoms. The van der Waals surface area contributed by atoms with Crippen LogP contribution in [-0.2, 0) is 9.53 Å². The fourth-order valence-electron chi connectivity index (χ4n) is 1.45. The maximum Gasteiger partial charge on any atom is 0.340 e. The number of halogens is 1. The number of nitrogen functional groups attached to an aromatic ring is 1. The molecular formula is C14H19ClN2O3. The number of amides is 1. The fraction of sp³-hybridized carbons (Fsp3) is 0.429. The highest BCUT2D eigenvalue weighted by Gasteiger charge is 2.21. The molecule has 0 fully saturated rings. The summed E-state index contributed by atoms with van der Waals surface area (Å²) < 4.78 is 5.09. The van der Waals surface area contributed by atoms with Crippen LogP contribution in [0.15, 0.2) is 18.2 Å². The van der Waals surface area contributed by atoms with Crippen LogP contribution in [0.4, 0.5) is 5.69 Å². The Kier molecular flexibility index (Phi) is 5.82. The van der Waals surface area contributed by atoms with Crippen molar-refractivity contribution in [3.05, 3.63) is 28.8 Å². The molecule has 0 aliphatic carbocycles. The number of ether oxygens (including phenoxy) is 1. The number of esters is 1. The molecule has 0 bridgehead atoms. The van der Waals surface area contributed by atoms with E-state index in [1.54, 1.807) is 12.1 Å². The Balaban J connectivity index is 2.70. The Morgan fingerprint density at radius 1 is 1.40 bits per heavy atom. The van der Waals surface area contributed by atoms with Crippen LogP contribution in [0.5, 0.6) is 0 Å². The Hall–Kier alpha value is -1.75. The average Bonchev–Trinajstić information content (AvgIpc) is 2.41. The molecule has 3 N–H and O–H groups in total. The normalized spacial score (nSPS) is 13.4. The molecule has 0 aliphatic rings. The molecule has 1 amide bonds. The van der Waals surface area contributed by atoms with Gasteiger partial charge in [-0.1, -0.05) is 24.6 Å². The van der Waals surface area contributed by atoms with E-state index in [1.165, 1.54) is 13.0 Å². The number of carbonyl (C=O) groups is 2. The minimum absolute atomic E-state index is 0.0274. The smallest absolute Gasteiger partial charge is 0.340 e. The highest BCUT2D eigenvalue weighted by molar-refractivity contribution is 6.36. The van der Waals surface area contributed by atoms with Crippen molar-refractivity contribution in [2.24, 2.45) is 0 Å². The van der Waals surface area contributed by atoms with Gasteiger partial charge in [0.2, 0.25) is 0 Å². The zero-order valence-corrected chi connectivity index (χ0v) is 12.5. The number of nitrogens with one attached hydrogen (secondary N) is 1. The number of hydrogen-bond donors (Lipinski definition) is 2. The Morgan fingerprint density at radius 3 is 2.65 bits per heavy atom. The predicted molar refractivity (Wildman–Crippen MR) is 78.6 cm³/mol. The van der Waals surface area contributed by atoms with E-state index in [4.69, 9.17) is 22.1 Å². The predicted octanol–water partition coefficient (Wildman–Crippen LogP) is 2.38. The molecule has 5 nitrogen and oxygen atoms in total. The van der Waals surface area contributed by atoms with Crippen molar-refractivity contribution < 1.29 is 14.3 Å². The van der Waals surface area contributed by atoms with Crippen molar-refractivity contribution in [1.82, 2.24) is 5.32 Å². The number of hydrogen-bond acceptors (Lipinski definition) is 4. The third-order valence-electron chi connectivity index (χ3n) is 2.90. The number of anilines is 1. The lowest BCUT2D eigenvalue weighted by molar-refractivity contribution is -0.129. The van der Waals surface area contributed by atoms with E-state index >= 15 is 0 Å². The van der Waals surface area contributed by atoms with Crippen LogP contribution in [0.2, 0.25) is 5.02 Å². The minimum atomic E-state index is -0.894. The van der Waals surface area contributed by atoms with E-state index in [9.17, 15) is 9.59 Å². The summed E-state index contributed by atoms with van der Waals surface area (Å²) in [7, 11) is 0. The molecule has 0 radical (unpaired) electrons. The maximum atomic E-state index is 11.9. The van der Waals surface area contributed by atoms with Gasteiger partial charge in [0.25, 0.3) is 5.91 Å². The van der Waals surface area contributed by atoms with Gasteiger partial charge in [-0.15, -0.1) is 0 Å². The number of nitrogens with two attached hydrogens (primary N) is 1. The molecule has 1 rings (SSSR count). The largest absolute Gasteiger partial charge is 0.449 e. The summed E-state index contributed by atoms with van der Waals surface area (Å²) in [6.45, 7) is 5.34. The maximum absolute atomic E-state index is 11.9. The lowest BCUT2D eigenvalue weighted by atomic mass is 10.2. The van der Waals surface area contributed by atoms with Gasteiger partial charge in [-0.05, 0) is 32.4 Å². The molecule has 6 heteroatoms. The highest BCUT2D eigenvalue weighted by atomic mass is 35.5. The zero-order valence-electron chi connectivity index (χ0n) is 11.8. The van der Waals surface area contributed by atoms with Crippen molar-refractivity contribution in [3.8, 4) is 0 Å². The van der Waals surface area contributed by atoms with Gasteiger partial charge in [0, 0.05) is 6.04 Å². The standard InChI is InChI=1S/C14H19ClN2O3/c1-4-8(2)17-13(18)9(3)20-14(19)10-6-5-7-11(16)12(10)15/h5-9H,4,16H2,1-3H3,(H,17,18). The molecule has 0 spiro atoms. The van der Waals surface area contributed by atoms with Crippen molar-refractivity contribution in [2.75, 3.05) is 5.73 Å². The lowest BCUT2D eigenvalue weighted by Gasteiger charge is -2.17. The number of carbonyl (C=O) groups excluding carboxylic acids is 2. The summed E-state index contributed by atoms with van der Waals surface area (Å²) in [6, 6.07) is 4.71. The first-order valence-corrected chi connectivity index (χ1v) is 6.80. The van der Waals surface area contributed by atoms with Gasteiger partial charge in [-0.3, -0.25) is 4.79 Å². The Bertz CT molecular complexity index is 505. The number of benzene rings is 1. The summed E-state index contributed by atoms with van der Waals surface area (Å²) in [6.07, 6.45) is -0.0954. The molecule has 110 valence electrons. The second-order valence-electron chi connectivity index (χ2n) is 4.57. The summed E-state index contributed by atoms with van der Waals surface area (Å²) in [5, 5.41) is 2.87. The van der Waals surface area contributed by atoms with E-state index in [-0.39, 0.29) is 28.2 Å². The van der Waals surface area contributed by atoms with Crippen LogP contribution in [-0.4, -0.2) is 24.0 Å². The van der Waals surface area contributed by atoms with Crippen molar-refractivity contribution in [3.63, 3.8) is 0 Å². The molecule has 2 unspecified atom stereocenters. The SMILES string of the molecule is CCC(C)NC(=O)C(C)OC(=O)c1cccc(N)c1Cl. The topological polar surface area (TPSA) is 81.4 Å². The second-order valence-corrected chi connectivity index (χ2v) is 4.95. The van der Waals surface area contributed by atoms with Crippen LogP contribution < -0.4 is 11.1 Å². The molecule has 0 aliphatic heterocycles. The molecule has 0 saturated carbocycles. The van der Waals surface area contributed by atoms with Gasteiger partial charge in [-0.2, -0.15) is 0 Å². The average molecular weight is 299 g/mol. The van der Waals surface area contributed by atoms with E-state index in [0.29, 0.717) is 0 Å². The van der Waals surface area contributed by atoms with Gasteiger partial charge >= 0.3 is 5.97 Å². The monoisotopic (exact) mass is 298 g/mol. The fourth-order valence-corrected chi connectivity index (χ4v) is 1.65. The van der Waals surface area contributed by atoms with Crippen LogP contribution >= 0.6 is 11.6 Å². The third-order valence-corrected chi connectivity index (χ3v) is 3.32.